The summed E-state index contributed by atoms with van der Waals surface area (Å²) in [5.74, 6) is -0.313. The molecule has 1 aliphatic heterocycles. The minimum Gasteiger partial charge on any atom is -0.489 e. The molecule has 0 bridgehead atoms. The molecule has 0 saturated carbocycles. The van der Waals surface area contributed by atoms with Gasteiger partial charge in [0.2, 0.25) is 0 Å². The normalized spacial score (nSPS) is 14.2. The Morgan fingerprint density at radius 3 is 2.40 bits per heavy atom. The van der Waals surface area contributed by atoms with Crippen LogP contribution in [-0.4, -0.2) is 46.3 Å². The van der Waals surface area contributed by atoms with Crippen LogP contribution in [-0.2, 0) is 20.9 Å². The van der Waals surface area contributed by atoms with E-state index in [9.17, 15) is 14.9 Å². The molecule has 0 spiro atoms. The molecule has 2 heterocycles. The van der Waals surface area contributed by atoms with Gasteiger partial charge in [0.05, 0.1) is 11.4 Å². The number of benzene rings is 4. The van der Waals surface area contributed by atoms with Gasteiger partial charge in [0, 0.05) is 42.7 Å². The Hall–Kier alpha value is -5.78. The van der Waals surface area contributed by atoms with Crippen molar-refractivity contribution >= 4 is 28.7 Å². The van der Waals surface area contributed by atoms with Gasteiger partial charge in [-0.1, -0.05) is 60.7 Å². The zero-order valence-corrected chi connectivity index (χ0v) is 26.3. The van der Waals surface area contributed by atoms with E-state index in [1.807, 2.05) is 92.0 Å². The molecule has 0 saturated heterocycles. The Morgan fingerprint density at radius 1 is 0.894 bits per heavy atom. The maximum Gasteiger partial charge on any atom is 0.271 e. The minimum absolute atomic E-state index is 0.0445. The summed E-state index contributed by atoms with van der Waals surface area (Å²) in [5.41, 5.74) is 4.66. The summed E-state index contributed by atoms with van der Waals surface area (Å²) in [4.78, 5) is 27.9. The predicted molar refractivity (Wildman–Crippen MR) is 181 cm³/mol. The molecule has 2 amide bonds. The second-order valence-electron chi connectivity index (χ2n) is 11.1. The number of fused-ring (bicyclic) bond motifs is 1. The average Bonchev–Trinajstić information content (AvgIpc) is 3.53. The van der Waals surface area contributed by atoms with Gasteiger partial charge in [-0.3, -0.25) is 14.5 Å². The van der Waals surface area contributed by atoms with Gasteiger partial charge in [0.25, 0.3) is 11.8 Å². The van der Waals surface area contributed by atoms with Crippen molar-refractivity contribution in [1.82, 2.24) is 14.7 Å². The van der Waals surface area contributed by atoms with Crippen LogP contribution in [0.25, 0.3) is 33.8 Å². The molecule has 4 aromatic carbocycles. The van der Waals surface area contributed by atoms with Gasteiger partial charge >= 0.3 is 0 Å². The molecule has 1 aliphatic rings. The van der Waals surface area contributed by atoms with E-state index >= 15 is 0 Å². The van der Waals surface area contributed by atoms with Crippen LogP contribution in [0.1, 0.15) is 31.4 Å². The Bertz CT molecular complexity index is 2030. The van der Waals surface area contributed by atoms with Crippen molar-refractivity contribution in [2.45, 2.75) is 26.9 Å². The molecular weight excluding hydrogens is 588 g/mol. The molecule has 0 atom stereocenters. The lowest BCUT2D eigenvalue weighted by Gasteiger charge is -2.27. The molecule has 8 nitrogen and oxygen atoms in total. The Morgan fingerprint density at radius 2 is 1.64 bits per heavy atom. The molecule has 0 unspecified atom stereocenters. The third-order valence-electron chi connectivity index (χ3n) is 8.17. The van der Waals surface area contributed by atoms with E-state index in [-0.39, 0.29) is 17.7 Å². The third kappa shape index (κ3) is 6.62. The molecule has 47 heavy (non-hydrogen) atoms. The van der Waals surface area contributed by atoms with Crippen LogP contribution in [0, 0.1) is 11.3 Å². The van der Waals surface area contributed by atoms with E-state index < -0.39 is 11.8 Å². The van der Waals surface area contributed by atoms with Crippen molar-refractivity contribution in [2.24, 2.45) is 0 Å². The zero-order chi connectivity index (χ0) is 32.8. The maximum atomic E-state index is 13.7. The summed E-state index contributed by atoms with van der Waals surface area (Å²) >= 11 is 0. The van der Waals surface area contributed by atoms with Crippen molar-refractivity contribution in [3.63, 3.8) is 0 Å². The average molecular weight is 623 g/mol. The van der Waals surface area contributed by atoms with Gasteiger partial charge in [-0.2, -0.15) is 10.4 Å². The van der Waals surface area contributed by atoms with Gasteiger partial charge in [0.15, 0.2) is 0 Å². The van der Waals surface area contributed by atoms with E-state index in [2.05, 4.69) is 24.3 Å². The van der Waals surface area contributed by atoms with Crippen LogP contribution >= 0.6 is 0 Å². The first kappa shape index (κ1) is 31.2. The van der Waals surface area contributed by atoms with Crippen molar-refractivity contribution in [3.05, 3.63) is 131 Å². The van der Waals surface area contributed by atoms with E-state index in [1.165, 1.54) is 5.39 Å². The molecule has 6 rings (SSSR count). The smallest absolute Gasteiger partial charge is 0.271 e. The number of amides is 2. The molecule has 8 heteroatoms. The summed E-state index contributed by atoms with van der Waals surface area (Å²) in [6, 6.07) is 33.8. The fourth-order valence-corrected chi connectivity index (χ4v) is 5.68. The molecule has 234 valence electrons. The Balaban J connectivity index is 1.34. The second-order valence-corrected chi connectivity index (χ2v) is 11.1. The van der Waals surface area contributed by atoms with Crippen LogP contribution < -0.4 is 4.74 Å². The number of ether oxygens (including phenoxy) is 2. The van der Waals surface area contributed by atoms with Crippen molar-refractivity contribution in [3.8, 4) is 28.8 Å². The van der Waals surface area contributed by atoms with Crippen LogP contribution in [0.15, 0.2) is 120 Å². The summed E-state index contributed by atoms with van der Waals surface area (Å²) in [6.07, 6.45) is 4.05. The summed E-state index contributed by atoms with van der Waals surface area (Å²) in [5, 5.41) is 17.1. The maximum absolute atomic E-state index is 13.7. The van der Waals surface area contributed by atoms with Crippen LogP contribution in [0.2, 0.25) is 0 Å². The quantitative estimate of drug-likeness (QED) is 0.0872. The number of hydrogen-bond donors (Lipinski definition) is 0. The molecule has 0 aliphatic carbocycles. The van der Waals surface area contributed by atoms with Crippen molar-refractivity contribution in [1.29, 1.82) is 5.26 Å². The first-order valence-corrected chi connectivity index (χ1v) is 15.6. The highest BCUT2D eigenvalue weighted by Gasteiger charge is 2.35. The fraction of sp³-hybridized carbons (Fsp3) is 0.179. The zero-order valence-electron chi connectivity index (χ0n) is 26.3. The highest BCUT2D eigenvalue weighted by Crippen LogP contribution is 2.32. The number of carbonyl (C=O) groups is 2. The van der Waals surface area contributed by atoms with Crippen LogP contribution in [0.3, 0.4) is 0 Å². The molecular formula is C39H34N4O4. The SMILES string of the molecule is CCOCCCN1C(=O)C(C#N)=C(C)/C(=C\c2cn(-c3ccccc3)nc2-c2ccc(OCc3cccc4ccccc34)cc2)C1=O. The highest BCUT2D eigenvalue weighted by molar-refractivity contribution is 6.19. The Labute approximate surface area is 273 Å². The number of aromatic nitrogens is 2. The number of hydrogen-bond acceptors (Lipinski definition) is 6. The van der Waals surface area contributed by atoms with Gasteiger partial charge in [-0.05, 0) is 84.7 Å². The number of para-hydroxylation sites is 1. The molecule has 1 aromatic heterocycles. The van der Waals surface area contributed by atoms with E-state index in [0.29, 0.717) is 48.8 Å². The number of imide groups is 1. The lowest BCUT2D eigenvalue weighted by molar-refractivity contribution is -0.140. The summed E-state index contributed by atoms with van der Waals surface area (Å²) in [6.45, 7) is 5.06. The largest absolute Gasteiger partial charge is 0.489 e. The van der Waals surface area contributed by atoms with Crippen LogP contribution in [0.5, 0.6) is 5.75 Å². The lowest BCUT2D eigenvalue weighted by atomic mass is 9.93. The van der Waals surface area contributed by atoms with Crippen molar-refractivity contribution < 1.29 is 19.1 Å². The number of nitrogens with zero attached hydrogens (tertiary/aromatic N) is 4. The lowest BCUT2D eigenvalue weighted by Crippen LogP contribution is -2.43. The highest BCUT2D eigenvalue weighted by atomic mass is 16.5. The number of rotatable bonds is 11. The Kier molecular flexibility index (Phi) is 9.37. The van der Waals surface area contributed by atoms with Crippen LogP contribution in [0.4, 0.5) is 0 Å². The first-order chi connectivity index (χ1) is 23.0. The predicted octanol–water partition coefficient (Wildman–Crippen LogP) is 7.29. The molecule has 0 fully saturated rings. The number of nitriles is 1. The second kappa shape index (κ2) is 14.1. The van der Waals surface area contributed by atoms with Gasteiger partial charge in [0.1, 0.15) is 24.0 Å². The van der Waals surface area contributed by atoms with E-state index in [4.69, 9.17) is 14.6 Å². The molecule has 0 radical (unpaired) electrons. The third-order valence-corrected chi connectivity index (χ3v) is 8.17. The number of carbonyl (C=O) groups excluding carboxylic acids is 2. The van der Waals surface area contributed by atoms with Crippen molar-refractivity contribution in [2.75, 3.05) is 19.8 Å². The van der Waals surface area contributed by atoms with E-state index in [1.54, 1.807) is 17.7 Å². The van der Waals surface area contributed by atoms with Gasteiger partial charge in [-0.25, -0.2) is 4.68 Å². The summed E-state index contributed by atoms with van der Waals surface area (Å²) < 4.78 is 13.3. The molecule has 0 N–H and O–H groups in total. The van der Waals surface area contributed by atoms with Gasteiger partial charge < -0.3 is 9.47 Å². The van der Waals surface area contributed by atoms with Gasteiger partial charge in [-0.15, -0.1) is 0 Å². The van der Waals surface area contributed by atoms with E-state index in [0.717, 1.165) is 27.1 Å². The standard InChI is InChI=1S/C39H34N4O4/c1-3-46-22-10-21-42-38(44)35(27(2)36(24-40)39(42)45)23-31-25-43(32-14-5-4-6-15-32)41-37(31)29-17-19-33(20-18-29)47-26-30-13-9-12-28-11-7-8-16-34(28)30/h4-9,11-20,23,25H,3,10,21-22,26H2,1-2H3/b35-23+. The molecule has 5 aromatic rings. The summed E-state index contributed by atoms with van der Waals surface area (Å²) in [7, 11) is 0. The monoisotopic (exact) mass is 622 g/mol. The topological polar surface area (TPSA) is 97.5 Å². The first-order valence-electron chi connectivity index (χ1n) is 15.6. The minimum atomic E-state index is -0.581. The fourth-order valence-electron chi connectivity index (χ4n) is 5.68.